The van der Waals surface area contributed by atoms with Crippen LogP contribution in [-0.2, 0) is 19.6 Å². The van der Waals surface area contributed by atoms with Crippen molar-refractivity contribution in [3.63, 3.8) is 0 Å². The van der Waals surface area contributed by atoms with Crippen molar-refractivity contribution in [1.29, 1.82) is 0 Å². The van der Waals surface area contributed by atoms with Gasteiger partial charge in [-0.1, -0.05) is 30.3 Å². The Hall–Kier alpha value is -1.54. The Morgan fingerprint density at radius 3 is 2.53 bits per heavy atom. The van der Waals surface area contributed by atoms with E-state index < -0.39 is 0 Å². The number of benzene rings is 1. The summed E-state index contributed by atoms with van der Waals surface area (Å²) in [6.45, 7) is 1.13. The maximum Gasteiger partial charge on any atom is 0.0832 e. The van der Waals surface area contributed by atoms with Gasteiger partial charge in [-0.05, 0) is 37.0 Å². The maximum atomic E-state index is 9.12. The fraction of sp³-hybridized carbons (Fsp3) is 0.333. The van der Waals surface area contributed by atoms with Gasteiger partial charge in [-0.15, -0.1) is 0 Å². The van der Waals surface area contributed by atoms with Gasteiger partial charge in [0.2, 0.25) is 0 Å². The molecular formula is C15H19NO. The summed E-state index contributed by atoms with van der Waals surface area (Å²) in [4.78, 5) is 0. The van der Waals surface area contributed by atoms with Crippen molar-refractivity contribution >= 4 is 0 Å². The highest BCUT2D eigenvalue weighted by Crippen LogP contribution is 2.08. The summed E-state index contributed by atoms with van der Waals surface area (Å²) in [5.74, 6) is 0. The number of aryl methyl sites for hydroxylation is 2. The molecule has 2 rings (SSSR count). The van der Waals surface area contributed by atoms with Crippen LogP contribution in [0.5, 0.6) is 0 Å². The number of hydrogen-bond donors (Lipinski definition) is 1. The van der Waals surface area contributed by atoms with Crippen molar-refractivity contribution in [1.82, 2.24) is 4.57 Å². The minimum Gasteiger partial charge on any atom is -0.390 e. The largest absolute Gasteiger partial charge is 0.390 e. The third-order valence-electron chi connectivity index (χ3n) is 3.04. The molecule has 0 spiro atoms. The van der Waals surface area contributed by atoms with Gasteiger partial charge >= 0.3 is 0 Å². The summed E-state index contributed by atoms with van der Waals surface area (Å²) in [5, 5.41) is 9.12. The van der Waals surface area contributed by atoms with Crippen LogP contribution in [0.1, 0.15) is 24.1 Å². The molecule has 0 aliphatic heterocycles. The zero-order chi connectivity index (χ0) is 11.9. The van der Waals surface area contributed by atoms with E-state index in [4.69, 9.17) is 5.11 Å². The number of aliphatic hydroxyl groups excluding tert-OH is 1. The van der Waals surface area contributed by atoms with E-state index in [0.29, 0.717) is 0 Å². The summed E-state index contributed by atoms with van der Waals surface area (Å²) < 4.78 is 2.13. The molecule has 0 radical (unpaired) electrons. The first kappa shape index (κ1) is 11.9. The molecule has 1 heterocycles. The molecule has 0 fully saturated rings. The Labute approximate surface area is 103 Å². The summed E-state index contributed by atoms with van der Waals surface area (Å²) in [7, 11) is 0. The molecule has 2 nitrogen and oxygen atoms in total. The molecule has 1 N–H and O–H groups in total. The van der Waals surface area contributed by atoms with Crippen molar-refractivity contribution in [3.8, 4) is 0 Å². The van der Waals surface area contributed by atoms with Gasteiger partial charge in [0, 0.05) is 18.4 Å². The summed E-state index contributed by atoms with van der Waals surface area (Å²) in [6.07, 6.45) is 5.51. The second-order valence-corrected chi connectivity index (χ2v) is 4.29. The lowest BCUT2D eigenvalue weighted by Gasteiger charge is -2.07. The van der Waals surface area contributed by atoms with Gasteiger partial charge in [0.05, 0.1) is 6.61 Å². The first-order valence-electron chi connectivity index (χ1n) is 6.19. The lowest BCUT2D eigenvalue weighted by Crippen LogP contribution is -2.02. The predicted octanol–water partition coefficient (Wildman–Crippen LogP) is 3.00. The standard InChI is InChI=1S/C15H19NO/c17-13-15-10-6-12-16(15)11-5-4-9-14-7-2-1-3-8-14/h1-3,6-8,10,12,17H,4-5,9,11,13H2. The van der Waals surface area contributed by atoms with Gasteiger partial charge < -0.3 is 9.67 Å². The summed E-state index contributed by atoms with van der Waals surface area (Å²) in [5.41, 5.74) is 2.41. The molecule has 1 aromatic heterocycles. The molecule has 0 bridgehead atoms. The minimum absolute atomic E-state index is 0.131. The van der Waals surface area contributed by atoms with Crippen LogP contribution in [0, 0.1) is 0 Å². The fourth-order valence-electron chi connectivity index (χ4n) is 2.07. The van der Waals surface area contributed by atoms with Crippen LogP contribution < -0.4 is 0 Å². The lowest BCUT2D eigenvalue weighted by molar-refractivity contribution is 0.270. The van der Waals surface area contributed by atoms with Crippen LogP contribution in [0.2, 0.25) is 0 Å². The zero-order valence-electron chi connectivity index (χ0n) is 10.0. The van der Waals surface area contributed by atoms with Crippen LogP contribution in [-0.4, -0.2) is 9.67 Å². The molecule has 1 aromatic carbocycles. The van der Waals surface area contributed by atoms with E-state index in [1.807, 2.05) is 18.3 Å². The highest BCUT2D eigenvalue weighted by atomic mass is 16.3. The zero-order valence-corrected chi connectivity index (χ0v) is 10.0. The van der Waals surface area contributed by atoms with E-state index in [2.05, 4.69) is 34.9 Å². The molecular weight excluding hydrogens is 210 g/mol. The topological polar surface area (TPSA) is 25.2 Å². The number of hydrogen-bond acceptors (Lipinski definition) is 1. The van der Waals surface area contributed by atoms with E-state index >= 15 is 0 Å². The normalized spacial score (nSPS) is 10.6. The molecule has 0 saturated carbocycles. The smallest absolute Gasteiger partial charge is 0.0832 e. The molecule has 0 atom stereocenters. The second-order valence-electron chi connectivity index (χ2n) is 4.29. The van der Waals surface area contributed by atoms with Crippen LogP contribution in [0.25, 0.3) is 0 Å². The highest BCUT2D eigenvalue weighted by molar-refractivity contribution is 5.14. The van der Waals surface area contributed by atoms with E-state index in [-0.39, 0.29) is 6.61 Å². The van der Waals surface area contributed by atoms with Gasteiger partial charge in [0.1, 0.15) is 0 Å². The maximum absolute atomic E-state index is 9.12. The number of aromatic nitrogens is 1. The van der Waals surface area contributed by atoms with Crippen molar-refractivity contribution in [3.05, 3.63) is 59.9 Å². The Morgan fingerprint density at radius 1 is 0.941 bits per heavy atom. The third kappa shape index (κ3) is 3.46. The number of nitrogens with zero attached hydrogens (tertiary/aromatic N) is 1. The number of unbranched alkanes of at least 4 members (excludes halogenated alkanes) is 1. The number of aliphatic hydroxyl groups is 1. The summed E-state index contributed by atoms with van der Waals surface area (Å²) in [6, 6.07) is 14.5. The van der Waals surface area contributed by atoms with Gasteiger partial charge in [-0.3, -0.25) is 0 Å². The SMILES string of the molecule is OCc1cccn1CCCCc1ccccc1. The molecule has 0 aliphatic carbocycles. The Balaban J connectivity index is 1.73. The molecule has 17 heavy (non-hydrogen) atoms. The molecule has 0 unspecified atom stereocenters. The monoisotopic (exact) mass is 229 g/mol. The quantitative estimate of drug-likeness (QED) is 0.757. The summed E-state index contributed by atoms with van der Waals surface area (Å²) >= 11 is 0. The van der Waals surface area contributed by atoms with Crippen molar-refractivity contribution in [2.24, 2.45) is 0 Å². The van der Waals surface area contributed by atoms with E-state index in [1.54, 1.807) is 0 Å². The van der Waals surface area contributed by atoms with Gasteiger partial charge in [0.25, 0.3) is 0 Å². The van der Waals surface area contributed by atoms with E-state index in [1.165, 1.54) is 12.0 Å². The molecule has 0 amide bonds. The number of rotatable bonds is 6. The van der Waals surface area contributed by atoms with Gasteiger partial charge in [0.15, 0.2) is 0 Å². The second kappa shape index (κ2) is 6.26. The van der Waals surface area contributed by atoms with Crippen molar-refractivity contribution < 1.29 is 5.11 Å². The van der Waals surface area contributed by atoms with Crippen molar-refractivity contribution in [2.45, 2.75) is 32.4 Å². The van der Waals surface area contributed by atoms with Crippen LogP contribution in [0.4, 0.5) is 0 Å². The minimum atomic E-state index is 0.131. The third-order valence-corrected chi connectivity index (χ3v) is 3.04. The molecule has 2 heteroatoms. The lowest BCUT2D eigenvalue weighted by atomic mass is 10.1. The van der Waals surface area contributed by atoms with Gasteiger partial charge in [-0.2, -0.15) is 0 Å². The Morgan fingerprint density at radius 2 is 1.76 bits per heavy atom. The molecule has 90 valence electrons. The first-order chi connectivity index (χ1) is 8.40. The Kier molecular flexibility index (Phi) is 4.39. The average Bonchev–Trinajstić information content (AvgIpc) is 2.83. The average molecular weight is 229 g/mol. The molecule has 0 aliphatic rings. The molecule has 0 saturated heterocycles. The van der Waals surface area contributed by atoms with E-state index in [9.17, 15) is 0 Å². The highest BCUT2D eigenvalue weighted by Gasteiger charge is 1.98. The van der Waals surface area contributed by atoms with Crippen molar-refractivity contribution in [2.75, 3.05) is 0 Å². The predicted molar refractivity (Wildman–Crippen MR) is 69.7 cm³/mol. The fourth-order valence-corrected chi connectivity index (χ4v) is 2.07. The van der Waals surface area contributed by atoms with Crippen LogP contribution >= 0.6 is 0 Å². The van der Waals surface area contributed by atoms with Crippen LogP contribution in [0.15, 0.2) is 48.7 Å². The van der Waals surface area contributed by atoms with Crippen LogP contribution in [0.3, 0.4) is 0 Å². The molecule has 2 aromatic rings. The van der Waals surface area contributed by atoms with Gasteiger partial charge in [-0.25, -0.2) is 0 Å². The Bertz CT molecular complexity index is 433. The first-order valence-corrected chi connectivity index (χ1v) is 6.19. The van der Waals surface area contributed by atoms with E-state index in [0.717, 1.165) is 25.1 Å².